The zero-order chi connectivity index (χ0) is 14.7. The van der Waals surface area contributed by atoms with Crippen LogP contribution in [0.3, 0.4) is 0 Å². The van der Waals surface area contributed by atoms with Gasteiger partial charge < -0.3 is 10.6 Å². The monoisotopic (exact) mass is 282 g/mol. The molecule has 0 aromatic heterocycles. The molecule has 2 aromatic carbocycles. The van der Waals surface area contributed by atoms with E-state index in [1.54, 1.807) is 7.05 Å². The highest BCUT2D eigenvalue weighted by atomic mass is 16.1. The lowest BCUT2D eigenvalue weighted by atomic mass is 9.79. The van der Waals surface area contributed by atoms with Crippen LogP contribution in [0.15, 0.2) is 42.5 Å². The first kappa shape index (κ1) is 14.1. The molecule has 1 unspecified atom stereocenters. The molecule has 2 N–H and O–H groups in total. The predicted octanol–water partition coefficient (Wildman–Crippen LogP) is 2.67. The molecule has 1 atom stereocenters. The maximum atomic E-state index is 12.4. The van der Waals surface area contributed by atoms with Crippen molar-refractivity contribution in [2.45, 2.75) is 18.8 Å². The first-order valence-corrected chi connectivity index (χ1v) is 7.70. The summed E-state index contributed by atoms with van der Waals surface area (Å²) in [6, 6.07) is 14.7. The number of nitrogens with one attached hydrogen (secondary N) is 2. The van der Waals surface area contributed by atoms with E-state index < -0.39 is 0 Å². The fourth-order valence-corrected chi connectivity index (χ4v) is 3.37. The third-order valence-electron chi connectivity index (χ3n) is 4.52. The molecule has 1 fully saturated rings. The smallest absolute Gasteiger partial charge is 0.227 e. The summed E-state index contributed by atoms with van der Waals surface area (Å²) in [6.07, 6.45) is 2.12. The van der Waals surface area contributed by atoms with Crippen molar-refractivity contribution in [3.63, 3.8) is 0 Å². The molecule has 110 valence electrons. The van der Waals surface area contributed by atoms with Crippen LogP contribution in [0.4, 0.5) is 0 Å². The molecule has 1 aliphatic rings. The third kappa shape index (κ3) is 2.93. The van der Waals surface area contributed by atoms with Crippen LogP contribution in [0.1, 0.15) is 24.3 Å². The second-order valence-electron chi connectivity index (χ2n) is 5.79. The van der Waals surface area contributed by atoms with Crippen molar-refractivity contribution in [1.82, 2.24) is 10.6 Å². The van der Waals surface area contributed by atoms with E-state index in [-0.39, 0.29) is 11.8 Å². The van der Waals surface area contributed by atoms with Crippen LogP contribution in [0.2, 0.25) is 0 Å². The van der Waals surface area contributed by atoms with Crippen LogP contribution in [0, 0.1) is 5.92 Å². The van der Waals surface area contributed by atoms with Crippen LogP contribution in [-0.2, 0) is 4.79 Å². The van der Waals surface area contributed by atoms with Gasteiger partial charge in [-0.3, -0.25) is 4.79 Å². The van der Waals surface area contributed by atoms with Crippen molar-refractivity contribution >= 4 is 16.7 Å². The number of amides is 1. The number of hydrogen-bond acceptors (Lipinski definition) is 2. The van der Waals surface area contributed by atoms with Gasteiger partial charge in [0.2, 0.25) is 5.91 Å². The average Bonchev–Trinajstić information content (AvgIpc) is 2.56. The van der Waals surface area contributed by atoms with Gasteiger partial charge in [-0.2, -0.15) is 0 Å². The Morgan fingerprint density at radius 2 is 1.86 bits per heavy atom. The number of hydrogen-bond donors (Lipinski definition) is 2. The first-order chi connectivity index (χ1) is 10.3. The lowest BCUT2D eigenvalue weighted by molar-refractivity contribution is -0.123. The lowest BCUT2D eigenvalue weighted by Gasteiger charge is -2.30. The Bertz CT molecular complexity index is 632. The molecule has 0 aliphatic carbocycles. The zero-order valence-electron chi connectivity index (χ0n) is 12.4. The van der Waals surface area contributed by atoms with Crippen LogP contribution < -0.4 is 10.6 Å². The van der Waals surface area contributed by atoms with Crippen LogP contribution >= 0.6 is 0 Å². The summed E-state index contributed by atoms with van der Waals surface area (Å²) in [4.78, 5) is 12.4. The number of carbonyl (C=O) groups is 1. The summed E-state index contributed by atoms with van der Waals surface area (Å²) in [6.45, 7) is 2.01. The van der Waals surface area contributed by atoms with Crippen LogP contribution in [0.5, 0.6) is 0 Å². The van der Waals surface area contributed by atoms with Crippen molar-refractivity contribution < 1.29 is 4.79 Å². The molecule has 3 heteroatoms. The highest BCUT2D eigenvalue weighted by Gasteiger charge is 2.30. The molecule has 3 nitrogen and oxygen atoms in total. The highest BCUT2D eigenvalue weighted by Crippen LogP contribution is 2.32. The number of piperidine rings is 1. The predicted molar refractivity (Wildman–Crippen MR) is 86.3 cm³/mol. The van der Waals surface area contributed by atoms with Gasteiger partial charge in [0.25, 0.3) is 0 Å². The van der Waals surface area contributed by atoms with Crippen molar-refractivity contribution in [1.29, 1.82) is 0 Å². The molecule has 21 heavy (non-hydrogen) atoms. The number of rotatable bonds is 3. The maximum absolute atomic E-state index is 12.4. The molecule has 0 bridgehead atoms. The Kier molecular flexibility index (Phi) is 4.20. The number of carbonyl (C=O) groups excluding carboxylic acids is 1. The average molecular weight is 282 g/mol. The van der Waals surface area contributed by atoms with E-state index in [1.165, 1.54) is 10.8 Å². The molecule has 3 rings (SSSR count). The summed E-state index contributed by atoms with van der Waals surface area (Å²) in [7, 11) is 1.73. The van der Waals surface area contributed by atoms with E-state index in [0.29, 0.717) is 5.92 Å². The standard InChI is InChI=1S/C18H22N2O/c1-19-18(21)17(14-8-10-20-11-9-14)16-7-6-13-4-2-3-5-15(13)12-16/h2-7,12,14,17,20H,8-11H2,1H3,(H,19,21). The van der Waals surface area contributed by atoms with E-state index >= 15 is 0 Å². The fraction of sp³-hybridized carbons (Fsp3) is 0.389. The van der Waals surface area contributed by atoms with Gasteiger partial charge in [-0.25, -0.2) is 0 Å². The minimum Gasteiger partial charge on any atom is -0.359 e. The van der Waals surface area contributed by atoms with Gasteiger partial charge in [0.05, 0.1) is 5.92 Å². The van der Waals surface area contributed by atoms with E-state index in [2.05, 4.69) is 41.0 Å². The summed E-state index contributed by atoms with van der Waals surface area (Å²) < 4.78 is 0. The summed E-state index contributed by atoms with van der Waals surface area (Å²) in [5, 5.41) is 8.66. The van der Waals surface area contributed by atoms with Crippen LogP contribution in [0.25, 0.3) is 10.8 Å². The topological polar surface area (TPSA) is 41.1 Å². The quantitative estimate of drug-likeness (QED) is 0.908. The Morgan fingerprint density at radius 3 is 2.57 bits per heavy atom. The Labute approximate surface area is 125 Å². The van der Waals surface area contributed by atoms with Gasteiger partial charge in [-0.15, -0.1) is 0 Å². The molecule has 1 amide bonds. The fourth-order valence-electron chi connectivity index (χ4n) is 3.37. The SMILES string of the molecule is CNC(=O)C(c1ccc2ccccc2c1)C1CCNCC1. The molecule has 1 heterocycles. The molecule has 0 radical (unpaired) electrons. The second kappa shape index (κ2) is 6.27. The summed E-state index contributed by atoms with van der Waals surface area (Å²) in [5.41, 5.74) is 1.14. The molecule has 2 aromatic rings. The molecule has 0 spiro atoms. The number of benzene rings is 2. The second-order valence-corrected chi connectivity index (χ2v) is 5.79. The minimum absolute atomic E-state index is 0.0401. The summed E-state index contributed by atoms with van der Waals surface area (Å²) in [5.74, 6) is 0.520. The number of fused-ring (bicyclic) bond motifs is 1. The normalized spacial score (nSPS) is 17.6. The Balaban J connectivity index is 1.98. The Hall–Kier alpha value is -1.87. The van der Waals surface area contributed by atoms with Crippen molar-refractivity contribution in [2.75, 3.05) is 20.1 Å². The highest BCUT2D eigenvalue weighted by molar-refractivity contribution is 5.88. The molecule has 0 saturated carbocycles. The van der Waals surface area contributed by atoms with Gasteiger partial charge in [-0.1, -0.05) is 42.5 Å². The maximum Gasteiger partial charge on any atom is 0.227 e. The van der Waals surface area contributed by atoms with E-state index in [0.717, 1.165) is 31.5 Å². The van der Waals surface area contributed by atoms with Gasteiger partial charge >= 0.3 is 0 Å². The number of likely N-dealkylation sites (N-methyl/N-ethyl adjacent to an activating group) is 1. The lowest BCUT2D eigenvalue weighted by Crippen LogP contribution is -2.37. The molecule has 1 aliphatic heterocycles. The van der Waals surface area contributed by atoms with E-state index in [4.69, 9.17) is 0 Å². The largest absolute Gasteiger partial charge is 0.359 e. The van der Waals surface area contributed by atoms with Crippen molar-refractivity contribution in [3.05, 3.63) is 48.0 Å². The van der Waals surface area contributed by atoms with Crippen molar-refractivity contribution in [2.24, 2.45) is 5.92 Å². The Morgan fingerprint density at radius 1 is 1.14 bits per heavy atom. The molecule has 1 saturated heterocycles. The zero-order valence-corrected chi connectivity index (χ0v) is 12.4. The first-order valence-electron chi connectivity index (χ1n) is 7.70. The van der Waals surface area contributed by atoms with Gasteiger partial charge in [0.1, 0.15) is 0 Å². The summed E-state index contributed by atoms with van der Waals surface area (Å²) >= 11 is 0. The van der Waals surface area contributed by atoms with Gasteiger partial charge in [0, 0.05) is 7.05 Å². The minimum atomic E-state index is -0.0401. The van der Waals surface area contributed by atoms with Crippen LogP contribution in [-0.4, -0.2) is 26.0 Å². The van der Waals surface area contributed by atoms with E-state index in [1.807, 2.05) is 12.1 Å². The third-order valence-corrected chi connectivity index (χ3v) is 4.52. The van der Waals surface area contributed by atoms with Crippen molar-refractivity contribution in [3.8, 4) is 0 Å². The van der Waals surface area contributed by atoms with Gasteiger partial charge in [-0.05, 0) is 48.2 Å². The van der Waals surface area contributed by atoms with Gasteiger partial charge in [0.15, 0.2) is 0 Å². The molecular formula is C18H22N2O. The van der Waals surface area contributed by atoms with E-state index in [9.17, 15) is 4.79 Å². The molecular weight excluding hydrogens is 260 g/mol.